The molecule has 10 heteroatoms. The number of carbonyl (C=O) groups is 1. The van der Waals surface area contributed by atoms with Gasteiger partial charge in [-0.05, 0) is 52.3 Å². The Labute approximate surface area is 180 Å². The summed E-state index contributed by atoms with van der Waals surface area (Å²) in [4.78, 5) is 16.4. The Morgan fingerprint density at radius 2 is 1.75 bits per heavy atom. The molecule has 6 nitrogen and oxygen atoms in total. The van der Waals surface area contributed by atoms with Crippen LogP contribution in [0.15, 0.2) is 70.2 Å². The fourth-order valence-electron chi connectivity index (χ4n) is 2.27. The molecule has 2 N–H and O–H groups in total. The lowest BCUT2D eigenvalue weighted by Crippen LogP contribution is -2.19. The van der Waals surface area contributed by atoms with Gasteiger partial charge in [-0.15, -0.1) is 0 Å². The average molecular weight is 501 g/mol. The molecule has 1 amide bonds. The first-order chi connectivity index (χ1) is 13.3. The van der Waals surface area contributed by atoms with E-state index in [2.05, 4.69) is 31.0 Å². The van der Waals surface area contributed by atoms with Crippen LogP contribution in [0.2, 0.25) is 10.2 Å². The number of carbonyl (C=O) groups excluding carboxylic acids is 1. The Morgan fingerprint density at radius 1 is 1.04 bits per heavy atom. The number of benzene rings is 2. The zero-order valence-electron chi connectivity index (χ0n) is 14.0. The van der Waals surface area contributed by atoms with E-state index < -0.39 is 15.9 Å². The van der Waals surface area contributed by atoms with Crippen LogP contribution in [-0.4, -0.2) is 19.3 Å². The first kappa shape index (κ1) is 20.6. The van der Waals surface area contributed by atoms with Gasteiger partial charge < -0.3 is 5.32 Å². The van der Waals surface area contributed by atoms with E-state index in [1.54, 1.807) is 24.3 Å². The number of halogens is 3. The lowest BCUT2D eigenvalue weighted by atomic mass is 10.1. The summed E-state index contributed by atoms with van der Waals surface area (Å²) in [5.74, 6) is -0.512. The molecular weight excluding hydrogens is 489 g/mol. The van der Waals surface area contributed by atoms with E-state index in [9.17, 15) is 13.2 Å². The highest BCUT2D eigenvalue weighted by Crippen LogP contribution is 2.27. The number of pyridine rings is 1. The van der Waals surface area contributed by atoms with Crippen LogP contribution < -0.4 is 10.0 Å². The topological polar surface area (TPSA) is 88.2 Å². The molecular formula is C18H12BrCl2N3O3S. The van der Waals surface area contributed by atoms with Crippen LogP contribution in [0.3, 0.4) is 0 Å². The quantitative estimate of drug-likeness (QED) is 0.471. The van der Waals surface area contributed by atoms with Gasteiger partial charge in [-0.1, -0.05) is 41.4 Å². The van der Waals surface area contributed by atoms with Crippen LogP contribution in [0.4, 0.5) is 11.4 Å². The van der Waals surface area contributed by atoms with Crippen LogP contribution in [0.25, 0.3) is 0 Å². The zero-order valence-corrected chi connectivity index (χ0v) is 17.9. The molecule has 0 aliphatic rings. The summed E-state index contributed by atoms with van der Waals surface area (Å²) in [6.07, 6.45) is 1.12. The lowest BCUT2D eigenvalue weighted by Gasteiger charge is -2.13. The monoisotopic (exact) mass is 499 g/mol. The molecule has 0 atom stereocenters. The molecule has 0 fully saturated rings. The summed E-state index contributed by atoms with van der Waals surface area (Å²) in [6.45, 7) is 0. The Bertz CT molecular complexity index is 1140. The SMILES string of the molecule is O=C(Nc1ccccc1)c1cc(Cl)ccc1NS(=O)(=O)c1cnc(Cl)c(Br)c1. The van der Waals surface area contributed by atoms with Gasteiger partial charge in [0.25, 0.3) is 15.9 Å². The fraction of sp³-hybridized carbons (Fsp3) is 0. The Kier molecular flexibility index (Phi) is 6.24. The standard InChI is InChI=1S/C18H12BrCl2N3O3S/c19-15-9-13(10-22-17(15)21)28(26,27)24-16-7-6-11(20)8-14(16)18(25)23-12-4-2-1-3-5-12/h1-10,24H,(H,23,25). The number of hydrogen-bond acceptors (Lipinski definition) is 4. The van der Waals surface area contributed by atoms with Crippen molar-refractivity contribution in [2.45, 2.75) is 4.90 Å². The van der Waals surface area contributed by atoms with Crippen LogP contribution in [0.1, 0.15) is 10.4 Å². The van der Waals surface area contributed by atoms with Crippen LogP contribution in [0, 0.1) is 0 Å². The second kappa shape index (κ2) is 8.48. The van der Waals surface area contributed by atoms with Gasteiger partial charge in [-0.3, -0.25) is 9.52 Å². The van der Waals surface area contributed by atoms with E-state index in [0.29, 0.717) is 10.2 Å². The normalized spacial score (nSPS) is 11.1. The van der Waals surface area contributed by atoms with Crippen LogP contribution >= 0.6 is 39.1 Å². The van der Waals surface area contributed by atoms with Crippen molar-refractivity contribution in [2.75, 3.05) is 10.0 Å². The van der Waals surface area contributed by atoms with Crippen molar-refractivity contribution in [1.82, 2.24) is 4.98 Å². The summed E-state index contributed by atoms with van der Waals surface area (Å²) < 4.78 is 28.1. The maximum absolute atomic E-state index is 12.7. The van der Waals surface area contributed by atoms with Crippen molar-refractivity contribution in [3.63, 3.8) is 0 Å². The van der Waals surface area contributed by atoms with Gasteiger partial charge in [0.1, 0.15) is 10.0 Å². The number of amides is 1. The molecule has 1 heterocycles. The molecule has 0 unspecified atom stereocenters. The number of anilines is 2. The van der Waals surface area contributed by atoms with Gasteiger partial charge in [0.05, 0.1) is 15.7 Å². The number of hydrogen-bond donors (Lipinski definition) is 2. The molecule has 3 aromatic rings. The highest BCUT2D eigenvalue weighted by molar-refractivity contribution is 9.10. The molecule has 144 valence electrons. The predicted molar refractivity (Wildman–Crippen MR) is 114 cm³/mol. The lowest BCUT2D eigenvalue weighted by molar-refractivity contribution is 0.102. The van der Waals surface area contributed by atoms with Gasteiger partial charge in [-0.25, -0.2) is 13.4 Å². The predicted octanol–water partition coefficient (Wildman–Crippen LogP) is 5.20. The summed E-state index contributed by atoms with van der Waals surface area (Å²) in [5, 5.41) is 3.12. The average Bonchev–Trinajstić information content (AvgIpc) is 2.66. The van der Waals surface area contributed by atoms with Gasteiger partial charge >= 0.3 is 0 Å². The molecule has 0 spiro atoms. The first-order valence-corrected chi connectivity index (χ1v) is 10.8. The van der Waals surface area contributed by atoms with E-state index in [1.807, 2.05) is 6.07 Å². The number of aromatic nitrogens is 1. The summed E-state index contributed by atoms with van der Waals surface area (Å²) in [7, 11) is -4.02. The van der Waals surface area contributed by atoms with Gasteiger partial charge in [-0.2, -0.15) is 0 Å². The fourth-order valence-corrected chi connectivity index (χ4v) is 4.09. The van der Waals surface area contributed by atoms with E-state index >= 15 is 0 Å². The zero-order chi connectivity index (χ0) is 20.3. The highest BCUT2D eigenvalue weighted by Gasteiger charge is 2.20. The molecule has 1 aromatic heterocycles. The van der Waals surface area contributed by atoms with Gasteiger partial charge in [0.15, 0.2) is 0 Å². The second-order valence-corrected chi connectivity index (χ2v) is 8.89. The van der Waals surface area contributed by atoms with Crippen LogP contribution in [-0.2, 0) is 10.0 Å². The number of nitrogens with zero attached hydrogens (tertiary/aromatic N) is 1. The van der Waals surface area contributed by atoms with Crippen molar-refractivity contribution in [2.24, 2.45) is 0 Å². The molecule has 2 aromatic carbocycles. The molecule has 0 saturated carbocycles. The van der Waals surface area contributed by atoms with E-state index in [0.717, 1.165) is 6.20 Å². The van der Waals surface area contributed by atoms with Crippen molar-refractivity contribution < 1.29 is 13.2 Å². The summed E-state index contributed by atoms with van der Waals surface area (Å²) in [5.41, 5.74) is 0.705. The minimum atomic E-state index is -4.02. The van der Waals surface area contributed by atoms with Crippen molar-refractivity contribution in [3.05, 3.63) is 81.0 Å². The first-order valence-electron chi connectivity index (χ1n) is 7.76. The van der Waals surface area contributed by atoms with Crippen molar-refractivity contribution >= 4 is 66.4 Å². The molecule has 3 rings (SSSR count). The molecule has 0 aliphatic carbocycles. The van der Waals surface area contributed by atoms with Crippen LogP contribution in [0.5, 0.6) is 0 Å². The van der Waals surface area contributed by atoms with Crippen molar-refractivity contribution in [1.29, 1.82) is 0 Å². The van der Waals surface area contributed by atoms with Gasteiger partial charge in [0, 0.05) is 16.9 Å². The maximum atomic E-state index is 12.7. The van der Waals surface area contributed by atoms with E-state index in [4.69, 9.17) is 23.2 Å². The third kappa shape index (κ3) is 4.82. The Hall–Kier alpha value is -2.13. The summed E-state index contributed by atoms with van der Waals surface area (Å²) in [6, 6.07) is 14.4. The molecule has 0 bridgehead atoms. The second-order valence-electron chi connectivity index (χ2n) is 5.56. The summed E-state index contributed by atoms with van der Waals surface area (Å²) >= 11 is 15.0. The number of sulfonamides is 1. The minimum Gasteiger partial charge on any atom is -0.322 e. The van der Waals surface area contributed by atoms with Crippen molar-refractivity contribution in [3.8, 4) is 0 Å². The smallest absolute Gasteiger partial charge is 0.263 e. The highest BCUT2D eigenvalue weighted by atomic mass is 79.9. The third-order valence-corrected chi connectivity index (χ3v) is 6.29. The minimum absolute atomic E-state index is 0.0703. The number of nitrogens with one attached hydrogen (secondary N) is 2. The maximum Gasteiger partial charge on any atom is 0.263 e. The van der Waals surface area contributed by atoms with E-state index in [-0.39, 0.29) is 26.3 Å². The largest absolute Gasteiger partial charge is 0.322 e. The molecule has 0 radical (unpaired) electrons. The van der Waals surface area contributed by atoms with E-state index in [1.165, 1.54) is 24.3 Å². The molecule has 0 aliphatic heterocycles. The third-order valence-electron chi connectivity index (χ3n) is 3.58. The number of rotatable bonds is 5. The molecule has 0 saturated heterocycles. The Balaban J connectivity index is 1.94. The van der Waals surface area contributed by atoms with Gasteiger partial charge in [0.2, 0.25) is 0 Å². The Morgan fingerprint density at radius 3 is 2.43 bits per heavy atom. The molecule has 28 heavy (non-hydrogen) atoms. The number of para-hydroxylation sites is 1.